The normalized spacial score (nSPS) is 13.2. The molecule has 1 rings (SSSR count). The van der Waals surface area contributed by atoms with Crippen molar-refractivity contribution in [3.63, 3.8) is 0 Å². The van der Waals surface area contributed by atoms with Crippen LogP contribution in [0, 0.1) is 0 Å². The molecule has 0 aromatic heterocycles. The summed E-state index contributed by atoms with van der Waals surface area (Å²) in [6, 6.07) is 0. The van der Waals surface area contributed by atoms with Crippen LogP contribution in [0.2, 0.25) is 0 Å². The summed E-state index contributed by atoms with van der Waals surface area (Å²) in [5.74, 6) is -10.6. The lowest BCUT2D eigenvalue weighted by molar-refractivity contribution is -0.933. The third-order valence-electron chi connectivity index (χ3n) is 5.51. The van der Waals surface area contributed by atoms with E-state index in [9.17, 15) is 43.5 Å². The van der Waals surface area contributed by atoms with Crippen LogP contribution in [0.4, 0.5) is 0 Å². The standard InChI is InChI=1S/C10H16N2O8.C10H13NO8.H3N/c13-7(14)3-11(4-8(15)16)1-2-12(5-9(17)18)6-10(19)20;12-6(13)3-11(4-7(14)15,5-8(16)17)10(1-2-10)9(18)19;/h1-6H2,(H,13,14)(H,15,16)(H,17,18)(H,19,20);1-5H2,(H3-,12,13,14,15,16,17,18,19);1H3/p+1. The molecule has 0 aromatic rings. The molecule has 0 saturated heterocycles. The van der Waals surface area contributed by atoms with E-state index in [1.54, 1.807) is 0 Å². The average molecular weight is 585 g/mol. The first-order valence-corrected chi connectivity index (χ1v) is 10.9. The van der Waals surface area contributed by atoms with E-state index >= 15 is 0 Å². The molecule has 0 amide bonds. The van der Waals surface area contributed by atoms with E-state index in [1.807, 2.05) is 0 Å². The first-order chi connectivity index (χ1) is 17.9. The Balaban J connectivity index is 0. The molecule has 0 bridgehead atoms. The van der Waals surface area contributed by atoms with Crippen molar-refractivity contribution in [2.75, 3.05) is 58.9 Å². The van der Waals surface area contributed by atoms with Crippen LogP contribution < -0.4 is 6.15 Å². The second-order valence-electron chi connectivity index (χ2n) is 8.63. The van der Waals surface area contributed by atoms with Gasteiger partial charge >= 0.3 is 47.8 Å². The van der Waals surface area contributed by atoms with E-state index in [2.05, 4.69) is 0 Å². The number of hydrogen-bond acceptors (Lipinski definition) is 11. The van der Waals surface area contributed by atoms with Crippen molar-refractivity contribution in [3.05, 3.63) is 0 Å². The van der Waals surface area contributed by atoms with Crippen molar-refractivity contribution < 1.29 is 83.7 Å². The monoisotopic (exact) mass is 585 g/mol. The summed E-state index contributed by atoms with van der Waals surface area (Å²) in [7, 11) is 0. The third kappa shape index (κ3) is 13.4. The van der Waals surface area contributed by atoms with Crippen LogP contribution in [0.15, 0.2) is 0 Å². The summed E-state index contributed by atoms with van der Waals surface area (Å²) in [5.41, 5.74) is -1.63. The molecule has 0 radical (unpaired) electrons. The van der Waals surface area contributed by atoms with Gasteiger partial charge in [-0.2, -0.15) is 0 Å². The molecule has 1 aliphatic rings. The lowest BCUT2D eigenvalue weighted by Gasteiger charge is -2.39. The molecule has 0 atom stereocenters. The highest BCUT2D eigenvalue weighted by Gasteiger charge is 2.68. The summed E-state index contributed by atoms with van der Waals surface area (Å²) in [6.07, 6.45) is 0.131. The maximum absolute atomic E-state index is 11.3. The van der Waals surface area contributed by atoms with Gasteiger partial charge in [0.25, 0.3) is 0 Å². The molecule has 0 aromatic carbocycles. The molecule has 0 heterocycles. The van der Waals surface area contributed by atoms with Crippen molar-refractivity contribution in [1.82, 2.24) is 16.0 Å². The Morgan fingerprint density at radius 3 is 0.900 bits per heavy atom. The summed E-state index contributed by atoms with van der Waals surface area (Å²) in [6.45, 7) is -4.82. The van der Waals surface area contributed by atoms with E-state index in [-0.39, 0.29) is 32.1 Å². The minimum atomic E-state index is -1.63. The number of carbonyl (C=O) groups is 8. The Morgan fingerprint density at radius 2 is 0.750 bits per heavy atom. The van der Waals surface area contributed by atoms with Crippen LogP contribution in [0.25, 0.3) is 0 Å². The fourth-order valence-electron chi connectivity index (χ4n) is 3.88. The van der Waals surface area contributed by atoms with Gasteiger partial charge in [0.15, 0.2) is 25.2 Å². The molecule has 0 aliphatic heterocycles. The Bertz CT molecular complexity index is 871. The molecule has 20 nitrogen and oxygen atoms in total. The van der Waals surface area contributed by atoms with Gasteiger partial charge in [-0.05, 0) is 0 Å². The average Bonchev–Trinajstić information content (AvgIpc) is 3.51. The lowest BCUT2D eigenvalue weighted by Crippen LogP contribution is -2.66. The van der Waals surface area contributed by atoms with Gasteiger partial charge in [-0.1, -0.05) is 0 Å². The van der Waals surface area contributed by atoms with E-state index in [0.717, 1.165) is 9.80 Å². The van der Waals surface area contributed by atoms with Gasteiger partial charge in [0.1, 0.15) is 0 Å². The van der Waals surface area contributed by atoms with Gasteiger partial charge in [0, 0.05) is 25.9 Å². The number of quaternary nitrogens is 1. The van der Waals surface area contributed by atoms with Crippen LogP contribution in [0.1, 0.15) is 12.8 Å². The van der Waals surface area contributed by atoms with Crippen LogP contribution in [0.3, 0.4) is 0 Å². The molecule has 0 spiro atoms. The SMILES string of the molecule is N.O=C(O)CN(CCN(CC(=O)O)CC(=O)O)CC(=O)O.O=C(O)C[N+](CC(=O)O)(CC(=O)O)C1(C(=O)O)CC1. The summed E-state index contributed by atoms with van der Waals surface area (Å²) in [5, 5.41) is 70.2. The van der Waals surface area contributed by atoms with Gasteiger partial charge in [-0.3, -0.25) is 33.5 Å². The first-order valence-electron chi connectivity index (χ1n) is 10.9. The second-order valence-corrected chi connectivity index (χ2v) is 8.63. The number of rotatable bonds is 19. The highest BCUT2D eigenvalue weighted by Crippen LogP contribution is 2.47. The minimum Gasteiger partial charge on any atom is -0.480 e. The van der Waals surface area contributed by atoms with Crippen molar-refractivity contribution in [2.24, 2.45) is 0 Å². The van der Waals surface area contributed by atoms with Crippen LogP contribution in [-0.2, 0) is 38.4 Å². The van der Waals surface area contributed by atoms with Crippen molar-refractivity contribution in [3.8, 4) is 0 Å². The van der Waals surface area contributed by atoms with Gasteiger partial charge in [-0.15, -0.1) is 0 Å². The smallest absolute Gasteiger partial charge is 0.365 e. The summed E-state index contributed by atoms with van der Waals surface area (Å²) >= 11 is 0. The number of carboxylic acids is 8. The molecular weight excluding hydrogens is 552 g/mol. The molecule has 1 fully saturated rings. The zero-order valence-electron chi connectivity index (χ0n) is 21.2. The molecule has 11 N–H and O–H groups in total. The van der Waals surface area contributed by atoms with Crippen LogP contribution >= 0.6 is 0 Å². The number of aliphatic carboxylic acids is 8. The van der Waals surface area contributed by atoms with E-state index in [1.165, 1.54) is 0 Å². The lowest BCUT2D eigenvalue weighted by atomic mass is 10.1. The Hall–Kier alpha value is -4.40. The van der Waals surface area contributed by atoms with Gasteiger partial charge in [-0.25, -0.2) is 19.2 Å². The van der Waals surface area contributed by atoms with E-state index in [4.69, 9.17) is 35.7 Å². The molecule has 228 valence electrons. The first kappa shape index (κ1) is 37.8. The predicted octanol–water partition coefficient (Wildman–Crippen LogP) is -3.23. The molecule has 40 heavy (non-hydrogen) atoms. The highest BCUT2D eigenvalue weighted by atomic mass is 16.4. The Labute approximate surface area is 225 Å². The van der Waals surface area contributed by atoms with Gasteiger partial charge < -0.3 is 47.0 Å². The molecule has 0 unspecified atom stereocenters. The Kier molecular flexibility index (Phi) is 15.6. The van der Waals surface area contributed by atoms with E-state index < -0.39 is 104 Å². The highest BCUT2D eigenvalue weighted by molar-refractivity contribution is 5.83. The van der Waals surface area contributed by atoms with Crippen molar-refractivity contribution >= 4 is 47.8 Å². The molecule has 1 saturated carbocycles. The quantitative estimate of drug-likeness (QED) is 0.0672. The topological polar surface area (TPSA) is 340 Å². The molecule has 20 heteroatoms. The predicted molar refractivity (Wildman–Crippen MR) is 126 cm³/mol. The minimum absolute atomic E-state index is 0. The number of nitrogens with zero attached hydrogens (tertiary/aromatic N) is 3. The van der Waals surface area contributed by atoms with Gasteiger partial charge in [0.2, 0.25) is 0 Å². The zero-order valence-corrected chi connectivity index (χ0v) is 21.2. The maximum Gasteiger partial charge on any atom is 0.365 e. The number of carboxylic acid groups (broad SMARTS) is 8. The fourth-order valence-corrected chi connectivity index (χ4v) is 3.88. The van der Waals surface area contributed by atoms with Gasteiger partial charge in [0.05, 0.1) is 26.2 Å². The van der Waals surface area contributed by atoms with E-state index in [0.29, 0.717) is 0 Å². The van der Waals surface area contributed by atoms with Crippen LogP contribution in [-0.4, -0.2) is 167 Å². The maximum atomic E-state index is 11.3. The zero-order chi connectivity index (χ0) is 30.6. The molecular formula is C20H33N4O16+. The van der Waals surface area contributed by atoms with Crippen LogP contribution in [0.5, 0.6) is 0 Å². The largest absolute Gasteiger partial charge is 0.480 e. The Morgan fingerprint density at radius 1 is 0.500 bits per heavy atom. The van der Waals surface area contributed by atoms with Crippen molar-refractivity contribution in [2.45, 2.75) is 18.4 Å². The third-order valence-corrected chi connectivity index (χ3v) is 5.51. The molecule has 1 aliphatic carbocycles. The second kappa shape index (κ2) is 16.5. The van der Waals surface area contributed by atoms with Crippen molar-refractivity contribution in [1.29, 1.82) is 0 Å². The fraction of sp³-hybridized carbons (Fsp3) is 0.600. The number of hydrogen-bond donors (Lipinski definition) is 9. The summed E-state index contributed by atoms with van der Waals surface area (Å²) in [4.78, 5) is 88.3. The summed E-state index contributed by atoms with van der Waals surface area (Å²) < 4.78 is -1.01.